The van der Waals surface area contributed by atoms with Crippen LogP contribution in [0.1, 0.15) is 38.4 Å². The quantitative estimate of drug-likeness (QED) is 0.854. The largest absolute Gasteiger partial charge is 0.347 e. The average molecular weight is 247 g/mol. The predicted molar refractivity (Wildman–Crippen MR) is 71.0 cm³/mol. The van der Waals surface area contributed by atoms with Gasteiger partial charge in [-0.25, -0.2) is 0 Å². The van der Waals surface area contributed by atoms with Crippen molar-refractivity contribution in [2.75, 3.05) is 6.54 Å². The van der Waals surface area contributed by atoms with E-state index in [9.17, 15) is 4.79 Å². The van der Waals surface area contributed by atoms with Crippen LogP contribution < -0.4 is 10.6 Å². The number of nitrogens with zero attached hydrogens (tertiary/aromatic N) is 1. The number of nitrogens with one attached hydrogen (secondary N) is 2. The average Bonchev–Trinajstić information content (AvgIpc) is 2.39. The summed E-state index contributed by atoms with van der Waals surface area (Å²) in [6.07, 6.45) is 3.82. The van der Waals surface area contributed by atoms with E-state index in [-0.39, 0.29) is 18.0 Å². The van der Waals surface area contributed by atoms with Crippen molar-refractivity contribution in [3.05, 3.63) is 30.1 Å². The van der Waals surface area contributed by atoms with E-state index in [1.165, 1.54) is 0 Å². The van der Waals surface area contributed by atoms with Gasteiger partial charge in [-0.3, -0.25) is 9.78 Å². The standard InChI is InChI=1S/C14H21N3O/c1-10-6-8-16-13(9-10)14(18)17-11(2)12-5-3-4-7-15-12/h3-5,7,10-11,13,16H,6,8-9H2,1-2H3,(H,17,18)/t10?,11-,13?/m1/s1. The minimum atomic E-state index is -0.0556. The van der Waals surface area contributed by atoms with Crippen molar-refractivity contribution in [3.8, 4) is 0 Å². The van der Waals surface area contributed by atoms with Gasteiger partial charge in [0.05, 0.1) is 17.8 Å². The van der Waals surface area contributed by atoms with Gasteiger partial charge < -0.3 is 10.6 Å². The molecule has 3 atom stereocenters. The zero-order valence-corrected chi connectivity index (χ0v) is 11.0. The molecule has 18 heavy (non-hydrogen) atoms. The van der Waals surface area contributed by atoms with Crippen LogP contribution >= 0.6 is 0 Å². The number of rotatable bonds is 3. The van der Waals surface area contributed by atoms with E-state index in [0.29, 0.717) is 5.92 Å². The van der Waals surface area contributed by atoms with Crippen LogP contribution in [-0.2, 0) is 4.79 Å². The molecule has 0 saturated carbocycles. The van der Waals surface area contributed by atoms with Crippen molar-refractivity contribution in [2.24, 2.45) is 5.92 Å². The molecule has 1 saturated heterocycles. The second kappa shape index (κ2) is 5.96. The Balaban J connectivity index is 1.91. The van der Waals surface area contributed by atoms with Gasteiger partial charge in [-0.05, 0) is 44.4 Å². The molecule has 2 heterocycles. The molecule has 1 aromatic rings. The van der Waals surface area contributed by atoms with E-state index < -0.39 is 0 Å². The number of aromatic nitrogens is 1. The van der Waals surface area contributed by atoms with Crippen molar-refractivity contribution in [1.82, 2.24) is 15.6 Å². The van der Waals surface area contributed by atoms with Crippen molar-refractivity contribution in [1.29, 1.82) is 0 Å². The summed E-state index contributed by atoms with van der Waals surface area (Å²) in [5.74, 6) is 0.701. The van der Waals surface area contributed by atoms with E-state index in [1.54, 1.807) is 6.20 Å². The van der Waals surface area contributed by atoms with Crippen molar-refractivity contribution >= 4 is 5.91 Å². The summed E-state index contributed by atoms with van der Waals surface area (Å²) in [6, 6.07) is 5.65. The summed E-state index contributed by atoms with van der Waals surface area (Å²) in [7, 11) is 0. The van der Waals surface area contributed by atoms with Crippen LogP contribution in [0.2, 0.25) is 0 Å². The Labute approximate surface area is 108 Å². The number of piperidine rings is 1. The molecule has 1 fully saturated rings. The van der Waals surface area contributed by atoms with Gasteiger partial charge in [0, 0.05) is 6.20 Å². The molecule has 2 N–H and O–H groups in total. The highest BCUT2D eigenvalue weighted by Gasteiger charge is 2.25. The normalized spacial score (nSPS) is 25.4. The highest BCUT2D eigenvalue weighted by atomic mass is 16.2. The Bertz CT molecular complexity index is 393. The van der Waals surface area contributed by atoms with Crippen LogP contribution in [0.25, 0.3) is 0 Å². The third-order valence-electron chi connectivity index (χ3n) is 3.47. The number of hydrogen-bond acceptors (Lipinski definition) is 3. The summed E-state index contributed by atoms with van der Waals surface area (Å²) < 4.78 is 0. The van der Waals surface area contributed by atoms with Gasteiger partial charge in [-0.1, -0.05) is 13.0 Å². The summed E-state index contributed by atoms with van der Waals surface area (Å²) in [6.45, 7) is 5.09. The molecule has 0 aliphatic carbocycles. The third kappa shape index (κ3) is 3.29. The van der Waals surface area contributed by atoms with Crippen LogP contribution in [0.4, 0.5) is 0 Å². The maximum atomic E-state index is 12.1. The van der Waals surface area contributed by atoms with E-state index in [2.05, 4.69) is 22.5 Å². The van der Waals surface area contributed by atoms with Gasteiger partial charge in [0.1, 0.15) is 0 Å². The zero-order valence-electron chi connectivity index (χ0n) is 11.0. The first-order chi connectivity index (χ1) is 8.66. The monoisotopic (exact) mass is 247 g/mol. The SMILES string of the molecule is CC1CCNC(C(=O)N[C@H](C)c2ccccn2)C1. The topological polar surface area (TPSA) is 54.0 Å². The highest BCUT2D eigenvalue weighted by molar-refractivity contribution is 5.82. The molecule has 1 aliphatic heterocycles. The lowest BCUT2D eigenvalue weighted by atomic mass is 9.94. The van der Waals surface area contributed by atoms with Gasteiger partial charge in [0.25, 0.3) is 0 Å². The summed E-state index contributed by atoms with van der Waals surface area (Å²) in [4.78, 5) is 16.4. The Morgan fingerprint density at radius 3 is 3.06 bits per heavy atom. The van der Waals surface area contributed by atoms with E-state index >= 15 is 0 Å². The van der Waals surface area contributed by atoms with Gasteiger partial charge >= 0.3 is 0 Å². The Morgan fingerprint density at radius 1 is 1.56 bits per heavy atom. The molecule has 1 aliphatic rings. The minimum Gasteiger partial charge on any atom is -0.347 e. The Morgan fingerprint density at radius 2 is 2.39 bits per heavy atom. The Kier molecular flexibility index (Phi) is 4.31. The molecule has 0 spiro atoms. The lowest BCUT2D eigenvalue weighted by Gasteiger charge is -2.28. The first kappa shape index (κ1) is 13.0. The van der Waals surface area contributed by atoms with Crippen LogP contribution in [0.5, 0.6) is 0 Å². The van der Waals surface area contributed by atoms with Crippen molar-refractivity contribution in [2.45, 2.75) is 38.8 Å². The predicted octanol–water partition coefficient (Wildman–Crippen LogP) is 1.65. The molecular weight excluding hydrogens is 226 g/mol. The molecule has 0 bridgehead atoms. The van der Waals surface area contributed by atoms with Gasteiger partial charge in [0.15, 0.2) is 0 Å². The molecule has 4 nitrogen and oxygen atoms in total. The lowest BCUT2D eigenvalue weighted by Crippen LogP contribution is -2.48. The summed E-state index contributed by atoms with van der Waals surface area (Å²) in [5.41, 5.74) is 0.898. The Hall–Kier alpha value is -1.42. The first-order valence-electron chi connectivity index (χ1n) is 6.61. The lowest BCUT2D eigenvalue weighted by molar-refractivity contribution is -0.124. The van der Waals surface area contributed by atoms with Gasteiger partial charge in [-0.2, -0.15) is 0 Å². The summed E-state index contributed by atoms with van der Waals surface area (Å²) in [5, 5.41) is 6.30. The molecule has 1 amide bonds. The second-order valence-corrected chi connectivity index (χ2v) is 5.12. The molecule has 0 radical (unpaired) electrons. The third-order valence-corrected chi connectivity index (χ3v) is 3.47. The van der Waals surface area contributed by atoms with E-state index in [4.69, 9.17) is 0 Å². The van der Waals surface area contributed by atoms with Crippen LogP contribution in [0, 0.1) is 5.92 Å². The van der Waals surface area contributed by atoms with E-state index in [1.807, 2.05) is 25.1 Å². The molecule has 1 aromatic heterocycles. The fourth-order valence-corrected chi connectivity index (χ4v) is 2.33. The van der Waals surface area contributed by atoms with Crippen molar-refractivity contribution in [3.63, 3.8) is 0 Å². The molecule has 2 rings (SSSR count). The highest BCUT2D eigenvalue weighted by Crippen LogP contribution is 2.16. The minimum absolute atomic E-state index is 0.0438. The van der Waals surface area contributed by atoms with Crippen molar-refractivity contribution < 1.29 is 4.79 Å². The number of amides is 1. The maximum Gasteiger partial charge on any atom is 0.237 e. The number of pyridine rings is 1. The van der Waals surface area contributed by atoms with Gasteiger partial charge in [-0.15, -0.1) is 0 Å². The molecule has 4 heteroatoms. The van der Waals surface area contributed by atoms with Gasteiger partial charge in [0.2, 0.25) is 5.91 Å². The van der Waals surface area contributed by atoms with Crippen LogP contribution in [0.3, 0.4) is 0 Å². The second-order valence-electron chi connectivity index (χ2n) is 5.12. The number of carbonyl (C=O) groups is 1. The van der Waals surface area contributed by atoms with Crippen LogP contribution in [-0.4, -0.2) is 23.5 Å². The smallest absolute Gasteiger partial charge is 0.237 e. The molecular formula is C14H21N3O. The molecule has 98 valence electrons. The fraction of sp³-hybridized carbons (Fsp3) is 0.571. The zero-order chi connectivity index (χ0) is 13.0. The fourth-order valence-electron chi connectivity index (χ4n) is 2.33. The van der Waals surface area contributed by atoms with E-state index in [0.717, 1.165) is 25.1 Å². The molecule has 0 aromatic carbocycles. The number of carbonyl (C=O) groups excluding carboxylic acids is 1. The molecule has 2 unspecified atom stereocenters. The maximum absolute atomic E-state index is 12.1. The first-order valence-corrected chi connectivity index (χ1v) is 6.61. The number of hydrogen-bond donors (Lipinski definition) is 2. The van der Waals surface area contributed by atoms with Crippen LogP contribution in [0.15, 0.2) is 24.4 Å². The summed E-state index contributed by atoms with van der Waals surface area (Å²) >= 11 is 0.